The highest BCUT2D eigenvalue weighted by atomic mass is 16.4. The van der Waals surface area contributed by atoms with Crippen molar-refractivity contribution in [2.45, 2.75) is 33.4 Å². The number of nitrogens with zero attached hydrogens (tertiary/aromatic N) is 3. The molecule has 0 bridgehead atoms. The third-order valence-corrected chi connectivity index (χ3v) is 5.56. The lowest BCUT2D eigenvalue weighted by molar-refractivity contribution is 0.253. The number of fused-ring (bicyclic) bond motifs is 5. The summed E-state index contributed by atoms with van der Waals surface area (Å²) in [6, 6.07) is 8.25. The molecule has 0 N–H and O–H groups in total. The van der Waals surface area contributed by atoms with Crippen molar-refractivity contribution in [1.82, 2.24) is 9.88 Å². The number of aryl methyl sites for hydroxylation is 2. The van der Waals surface area contributed by atoms with Gasteiger partial charge in [-0.3, -0.25) is 0 Å². The number of rotatable bonds is 1. The number of hydrogen-bond donors (Lipinski definition) is 0. The highest BCUT2D eigenvalue weighted by Gasteiger charge is 2.34. The summed E-state index contributed by atoms with van der Waals surface area (Å²) >= 11 is 0. The van der Waals surface area contributed by atoms with Gasteiger partial charge in [0.05, 0.1) is 10.8 Å². The Hall–Kier alpha value is -2.95. The molecule has 1 aromatic carbocycles. The van der Waals surface area contributed by atoms with E-state index in [0.29, 0.717) is 5.71 Å². The van der Waals surface area contributed by atoms with Crippen molar-refractivity contribution in [3.63, 3.8) is 0 Å². The molecule has 0 fully saturated rings. The highest BCUT2D eigenvalue weighted by molar-refractivity contribution is 6.12. The van der Waals surface area contributed by atoms with E-state index in [0.717, 1.165) is 38.9 Å². The van der Waals surface area contributed by atoms with E-state index in [1.54, 1.807) is 0 Å². The standard InChI is InChI=1S/C21H21N3O2/c1-12-10-15-17(11-16(12)24-9-8-23(5)21(24,3)4)25-18-14-7-6-13(2)22-20(14)26-19(15)18/h6-11H,1-5H3. The molecule has 0 amide bonds. The number of pyridine rings is 1. The summed E-state index contributed by atoms with van der Waals surface area (Å²) in [7, 11) is 2.09. The van der Waals surface area contributed by atoms with Crippen LogP contribution < -0.4 is 4.90 Å². The monoisotopic (exact) mass is 347 g/mol. The van der Waals surface area contributed by atoms with Crippen LogP contribution >= 0.6 is 0 Å². The van der Waals surface area contributed by atoms with Crippen LogP contribution in [0.2, 0.25) is 0 Å². The third-order valence-electron chi connectivity index (χ3n) is 5.56. The minimum Gasteiger partial charge on any atom is -0.452 e. The average molecular weight is 347 g/mol. The van der Waals surface area contributed by atoms with E-state index in [-0.39, 0.29) is 5.66 Å². The van der Waals surface area contributed by atoms with Crippen molar-refractivity contribution in [3.8, 4) is 0 Å². The van der Waals surface area contributed by atoms with Gasteiger partial charge in [0.2, 0.25) is 5.71 Å². The van der Waals surface area contributed by atoms with Crippen LogP contribution in [0.15, 0.2) is 45.5 Å². The van der Waals surface area contributed by atoms with Crippen LogP contribution in [-0.4, -0.2) is 22.6 Å². The number of hydrogen-bond acceptors (Lipinski definition) is 5. The van der Waals surface area contributed by atoms with Crippen molar-refractivity contribution in [2.75, 3.05) is 11.9 Å². The van der Waals surface area contributed by atoms with Gasteiger partial charge in [0, 0.05) is 36.9 Å². The minimum atomic E-state index is -0.127. The zero-order valence-electron chi connectivity index (χ0n) is 15.6. The molecule has 4 heterocycles. The molecular weight excluding hydrogens is 326 g/mol. The lowest BCUT2D eigenvalue weighted by Crippen LogP contribution is -2.46. The van der Waals surface area contributed by atoms with Crippen LogP contribution in [0.1, 0.15) is 25.1 Å². The summed E-state index contributed by atoms with van der Waals surface area (Å²) in [6.45, 7) is 8.49. The summed E-state index contributed by atoms with van der Waals surface area (Å²) in [5.41, 5.74) is 6.13. The second kappa shape index (κ2) is 4.81. The fourth-order valence-corrected chi connectivity index (χ4v) is 3.71. The van der Waals surface area contributed by atoms with Crippen LogP contribution in [0.4, 0.5) is 5.69 Å². The van der Waals surface area contributed by atoms with Crippen LogP contribution in [0.5, 0.6) is 0 Å². The SMILES string of the molecule is Cc1ccc2c(n1)oc1c3cc(C)c(N4C=CN(C)C4(C)C)cc3oc21. The predicted octanol–water partition coefficient (Wildman–Crippen LogP) is 5.30. The first-order chi connectivity index (χ1) is 12.4. The maximum absolute atomic E-state index is 6.20. The molecule has 132 valence electrons. The van der Waals surface area contributed by atoms with Crippen LogP contribution in [0.25, 0.3) is 33.2 Å². The van der Waals surface area contributed by atoms with Gasteiger partial charge in [-0.1, -0.05) is 0 Å². The maximum atomic E-state index is 6.20. The molecule has 4 aromatic rings. The normalized spacial score (nSPS) is 16.7. The Labute approximate surface area is 151 Å². The lowest BCUT2D eigenvalue weighted by atomic mass is 10.1. The zero-order valence-corrected chi connectivity index (χ0v) is 15.6. The smallest absolute Gasteiger partial charge is 0.230 e. The summed E-state index contributed by atoms with van der Waals surface area (Å²) in [6.07, 6.45) is 4.21. The average Bonchev–Trinajstić information content (AvgIpc) is 3.18. The second-order valence-electron chi connectivity index (χ2n) is 7.58. The summed E-state index contributed by atoms with van der Waals surface area (Å²) < 4.78 is 12.2. The van der Waals surface area contributed by atoms with Gasteiger partial charge in [0.15, 0.2) is 11.2 Å². The molecule has 1 aliphatic rings. The molecule has 0 radical (unpaired) electrons. The van der Waals surface area contributed by atoms with Crippen LogP contribution in [-0.2, 0) is 0 Å². The van der Waals surface area contributed by atoms with Gasteiger partial charge in [0.1, 0.15) is 11.2 Å². The second-order valence-corrected chi connectivity index (χ2v) is 7.58. The molecule has 3 aromatic heterocycles. The summed E-state index contributed by atoms with van der Waals surface area (Å²) in [5.74, 6) is 0. The van der Waals surface area contributed by atoms with E-state index < -0.39 is 0 Å². The molecule has 5 rings (SSSR count). The summed E-state index contributed by atoms with van der Waals surface area (Å²) in [5, 5.41) is 1.91. The number of benzene rings is 1. The van der Waals surface area contributed by atoms with Crippen molar-refractivity contribution >= 4 is 38.9 Å². The van der Waals surface area contributed by atoms with Gasteiger partial charge < -0.3 is 18.6 Å². The van der Waals surface area contributed by atoms with E-state index in [9.17, 15) is 0 Å². The first-order valence-electron chi connectivity index (χ1n) is 8.80. The molecule has 0 unspecified atom stereocenters. The molecule has 5 nitrogen and oxygen atoms in total. The van der Waals surface area contributed by atoms with E-state index >= 15 is 0 Å². The lowest BCUT2D eigenvalue weighted by Gasteiger charge is -2.39. The van der Waals surface area contributed by atoms with Gasteiger partial charge in [-0.05, 0) is 51.5 Å². The molecule has 0 atom stereocenters. The predicted molar refractivity (Wildman–Crippen MR) is 104 cm³/mol. The topological polar surface area (TPSA) is 45.7 Å². The Balaban J connectivity index is 1.75. The number of aromatic nitrogens is 1. The molecule has 5 heteroatoms. The first-order valence-corrected chi connectivity index (χ1v) is 8.80. The summed E-state index contributed by atoms with van der Waals surface area (Å²) in [4.78, 5) is 8.95. The van der Waals surface area contributed by atoms with Gasteiger partial charge >= 0.3 is 0 Å². The van der Waals surface area contributed by atoms with Gasteiger partial charge in [0.25, 0.3) is 0 Å². The Bertz CT molecular complexity index is 1210. The molecule has 26 heavy (non-hydrogen) atoms. The Morgan fingerprint density at radius 2 is 1.73 bits per heavy atom. The molecule has 0 saturated heterocycles. The fraction of sp³-hybridized carbons (Fsp3) is 0.286. The van der Waals surface area contributed by atoms with Crippen LogP contribution in [0.3, 0.4) is 0 Å². The molecular formula is C21H21N3O2. The molecule has 0 saturated carbocycles. The van der Waals surface area contributed by atoms with Crippen molar-refractivity contribution in [1.29, 1.82) is 0 Å². The van der Waals surface area contributed by atoms with E-state index in [2.05, 4.69) is 67.1 Å². The Kier molecular flexibility index (Phi) is 2.84. The third kappa shape index (κ3) is 1.88. The number of furan rings is 2. The van der Waals surface area contributed by atoms with Crippen LogP contribution in [0, 0.1) is 13.8 Å². The Morgan fingerprint density at radius 3 is 2.46 bits per heavy atom. The highest BCUT2D eigenvalue weighted by Crippen LogP contribution is 2.41. The van der Waals surface area contributed by atoms with Gasteiger partial charge in [-0.25, -0.2) is 4.98 Å². The largest absolute Gasteiger partial charge is 0.452 e. The minimum absolute atomic E-state index is 0.127. The van der Waals surface area contributed by atoms with Crippen molar-refractivity contribution < 1.29 is 8.83 Å². The van der Waals surface area contributed by atoms with E-state index in [1.165, 1.54) is 5.56 Å². The van der Waals surface area contributed by atoms with Crippen molar-refractivity contribution in [2.24, 2.45) is 0 Å². The number of anilines is 1. The van der Waals surface area contributed by atoms with E-state index in [1.807, 2.05) is 19.1 Å². The quantitative estimate of drug-likeness (QED) is 0.467. The Morgan fingerprint density at radius 1 is 0.962 bits per heavy atom. The molecule has 1 aliphatic heterocycles. The van der Waals surface area contributed by atoms with Crippen molar-refractivity contribution in [3.05, 3.63) is 47.9 Å². The molecule has 0 spiro atoms. The zero-order chi connectivity index (χ0) is 18.2. The molecule has 0 aliphatic carbocycles. The first kappa shape index (κ1) is 15.3. The van der Waals surface area contributed by atoms with E-state index in [4.69, 9.17) is 8.83 Å². The fourth-order valence-electron chi connectivity index (χ4n) is 3.71. The maximum Gasteiger partial charge on any atom is 0.230 e. The van der Waals surface area contributed by atoms with Gasteiger partial charge in [-0.2, -0.15) is 0 Å². The van der Waals surface area contributed by atoms with Gasteiger partial charge in [-0.15, -0.1) is 0 Å².